The molecule has 3 rings (SSSR count). The summed E-state index contributed by atoms with van der Waals surface area (Å²) in [5, 5.41) is 0. The van der Waals surface area contributed by atoms with Gasteiger partial charge in [0.25, 0.3) is 5.91 Å². The van der Waals surface area contributed by atoms with Gasteiger partial charge in [-0.3, -0.25) is 4.79 Å². The summed E-state index contributed by atoms with van der Waals surface area (Å²) in [5.41, 5.74) is 4.62. The highest BCUT2D eigenvalue weighted by atomic mass is 32.1. The maximum Gasteiger partial charge on any atom is 0.254 e. The van der Waals surface area contributed by atoms with Crippen molar-refractivity contribution in [3.8, 4) is 5.75 Å². The SMILES string of the molecule is C=CCN(Cc1ccc(C)cc1)C(=O)c1ccc(OCc2nsnc2C)cc1. The van der Waals surface area contributed by atoms with Crippen molar-refractivity contribution in [1.82, 2.24) is 13.6 Å². The minimum absolute atomic E-state index is 0.0356. The third kappa shape index (κ3) is 5.04. The van der Waals surface area contributed by atoms with Crippen LogP contribution in [0, 0.1) is 13.8 Å². The summed E-state index contributed by atoms with van der Waals surface area (Å²) in [5.74, 6) is 0.657. The largest absolute Gasteiger partial charge is 0.487 e. The van der Waals surface area contributed by atoms with Crippen LogP contribution in [0.25, 0.3) is 0 Å². The first-order valence-electron chi connectivity index (χ1n) is 9.03. The maximum absolute atomic E-state index is 12.9. The van der Waals surface area contributed by atoms with Crippen LogP contribution in [0.3, 0.4) is 0 Å². The number of carbonyl (C=O) groups excluding carboxylic acids is 1. The fourth-order valence-corrected chi connectivity index (χ4v) is 3.25. The average Bonchev–Trinajstić information content (AvgIpc) is 3.12. The van der Waals surface area contributed by atoms with Gasteiger partial charge in [0.2, 0.25) is 0 Å². The fraction of sp³-hybridized carbons (Fsp3) is 0.227. The molecule has 1 heterocycles. The van der Waals surface area contributed by atoms with Crippen LogP contribution in [0.2, 0.25) is 0 Å². The van der Waals surface area contributed by atoms with Gasteiger partial charge in [-0.2, -0.15) is 8.75 Å². The monoisotopic (exact) mass is 393 g/mol. The van der Waals surface area contributed by atoms with Gasteiger partial charge in [-0.1, -0.05) is 35.9 Å². The van der Waals surface area contributed by atoms with Gasteiger partial charge in [-0.15, -0.1) is 6.58 Å². The van der Waals surface area contributed by atoms with Crippen molar-refractivity contribution in [2.24, 2.45) is 0 Å². The molecule has 0 unspecified atom stereocenters. The van der Waals surface area contributed by atoms with Crippen LogP contribution in [0.1, 0.15) is 32.9 Å². The van der Waals surface area contributed by atoms with Gasteiger partial charge in [-0.25, -0.2) is 0 Å². The third-order valence-corrected chi connectivity index (χ3v) is 5.01. The molecule has 2 aromatic carbocycles. The van der Waals surface area contributed by atoms with E-state index < -0.39 is 0 Å². The van der Waals surface area contributed by atoms with Gasteiger partial charge in [-0.05, 0) is 43.7 Å². The topological polar surface area (TPSA) is 55.3 Å². The Morgan fingerprint density at radius 3 is 2.43 bits per heavy atom. The molecule has 0 bridgehead atoms. The van der Waals surface area contributed by atoms with Gasteiger partial charge in [0, 0.05) is 18.7 Å². The first-order valence-corrected chi connectivity index (χ1v) is 9.76. The highest BCUT2D eigenvalue weighted by Gasteiger charge is 2.15. The highest BCUT2D eigenvalue weighted by Crippen LogP contribution is 2.17. The molecule has 6 heteroatoms. The molecule has 0 radical (unpaired) electrons. The van der Waals surface area contributed by atoms with Gasteiger partial charge in [0.05, 0.1) is 17.4 Å². The molecular formula is C22H23N3O2S. The van der Waals surface area contributed by atoms with Crippen molar-refractivity contribution >= 4 is 17.6 Å². The van der Waals surface area contributed by atoms with Crippen LogP contribution in [0.4, 0.5) is 0 Å². The second-order valence-corrected chi connectivity index (χ2v) is 7.10. The van der Waals surface area contributed by atoms with Crippen molar-refractivity contribution in [3.05, 3.63) is 89.3 Å². The number of carbonyl (C=O) groups is 1. The van der Waals surface area contributed by atoms with Crippen molar-refractivity contribution in [2.75, 3.05) is 6.54 Å². The predicted octanol–water partition coefficient (Wildman–Crippen LogP) is 4.56. The van der Waals surface area contributed by atoms with E-state index >= 15 is 0 Å². The number of rotatable bonds is 8. The number of hydrogen-bond donors (Lipinski definition) is 0. The Bertz CT molecular complexity index is 933. The molecule has 0 aliphatic carbocycles. The summed E-state index contributed by atoms with van der Waals surface area (Å²) < 4.78 is 14.1. The van der Waals surface area contributed by atoms with E-state index in [1.54, 1.807) is 35.2 Å². The molecule has 0 saturated carbocycles. The second-order valence-electron chi connectivity index (χ2n) is 6.57. The Morgan fingerprint density at radius 2 is 1.82 bits per heavy atom. The number of benzene rings is 2. The van der Waals surface area contributed by atoms with E-state index in [0.717, 1.165) is 17.0 Å². The molecule has 1 aromatic heterocycles. The number of amides is 1. The first kappa shape index (κ1) is 19.8. The Morgan fingerprint density at radius 1 is 1.11 bits per heavy atom. The highest BCUT2D eigenvalue weighted by molar-refractivity contribution is 6.99. The fourth-order valence-electron chi connectivity index (χ4n) is 2.70. The van der Waals surface area contributed by atoms with Gasteiger partial charge >= 0.3 is 0 Å². The summed E-state index contributed by atoms with van der Waals surface area (Å²) in [4.78, 5) is 14.7. The molecule has 0 aliphatic rings. The molecule has 3 aromatic rings. The molecule has 0 N–H and O–H groups in total. The lowest BCUT2D eigenvalue weighted by Crippen LogP contribution is -2.30. The zero-order chi connectivity index (χ0) is 19.9. The van der Waals surface area contributed by atoms with Crippen molar-refractivity contribution < 1.29 is 9.53 Å². The lowest BCUT2D eigenvalue weighted by molar-refractivity contribution is 0.0762. The van der Waals surface area contributed by atoms with Crippen LogP contribution in [-0.4, -0.2) is 26.1 Å². The Kier molecular flexibility index (Phi) is 6.55. The maximum atomic E-state index is 12.9. The number of nitrogens with zero attached hydrogens (tertiary/aromatic N) is 3. The molecule has 1 amide bonds. The summed E-state index contributed by atoms with van der Waals surface area (Å²) in [6.07, 6.45) is 1.74. The van der Waals surface area contributed by atoms with Crippen LogP contribution >= 0.6 is 11.7 Å². The minimum Gasteiger partial charge on any atom is -0.487 e. The second kappa shape index (κ2) is 9.28. The Labute approximate surface area is 169 Å². The van der Waals surface area contributed by atoms with Gasteiger partial charge < -0.3 is 9.64 Å². The van der Waals surface area contributed by atoms with Gasteiger partial charge in [0.15, 0.2) is 0 Å². The Hall–Kier alpha value is -2.99. The zero-order valence-electron chi connectivity index (χ0n) is 16.1. The molecule has 0 saturated heterocycles. The summed E-state index contributed by atoms with van der Waals surface area (Å²) in [7, 11) is 0. The predicted molar refractivity (Wildman–Crippen MR) is 112 cm³/mol. The molecular weight excluding hydrogens is 370 g/mol. The van der Waals surface area contributed by atoms with E-state index in [1.807, 2.05) is 26.0 Å². The van der Waals surface area contributed by atoms with Gasteiger partial charge in [0.1, 0.15) is 18.1 Å². The molecule has 0 aliphatic heterocycles. The molecule has 28 heavy (non-hydrogen) atoms. The van der Waals surface area contributed by atoms with E-state index in [4.69, 9.17) is 4.74 Å². The zero-order valence-corrected chi connectivity index (χ0v) is 16.9. The number of aromatic nitrogens is 2. The number of aryl methyl sites for hydroxylation is 2. The molecule has 144 valence electrons. The lowest BCUT2D eigenvalue weighted by Gasteiger charge is -2.21. The van der Waals surface area contributed by atoms with Crippen LogP contribution in [0.5, 0.6) is 5.75 Å². The third-order valence-electron chi connectivity index (χ3n) is 4.35. The van der Waals surface area contributed by atoms with E-state index in [9.17, 15) is 4.79 Å². The summed E-state index contributed by atoms with van der Waals surface area (Å²) in [6, 6.07) is 15.4. The van der Waals surface area contributed by atoms with E-state index in [1.165, 1.54) is 17.3 Å². The lowest BCUT2D eigenvalue weighted by atomic mass is 10.1. The summed E-state index contributed by atoms with van der Waals surface area (Å²) >= 11 is 1.18. The van der Waals surface area contributed by atoms with Crippen LogP contribution in [0.15, 0.2) is 61.2 Å². The smallest absolute Gasteiger partial charge is 0.254 e. The van der Waals surface area contributed by atoms with E-state index in [-0.39, 0.29) is 5.91 Å². The van der Waals surface area contributed by atoms with Crippen LogP contribution < -0.4 is 4.74 Å². The summed E-state index contributed by atoms with van der Waals surface area (Å²) in [6.45, 7) is 9.13. The number of hydrogen-bond acceptors (Lipinski definition) is 5. The molecule has 0 fully saturated rings. The standard InChI is InChI=1S/C22H23N3O2S/c1-4-13-25(14-18-7-5-16(2)6-8-18)22(26)19-9-11-20(12-10-19)27-15-21-17(3)23-28-24-21/h4-12H,1,13-15H2,2-3H3. The quantitative estimate of drug-likeness (QED) is 0.526. The average molecular weight is 394 g/mol. The normalized spacial score (nSPS) is 10.5. The van der Waals surface area contributed by atoms with E-state index in [2.05, 4.69) is 27.5 Å². The Balaban J connectivity index is 1.66. The minimum atomic E-state index is -0.0356. The van der Waals surface area contributed by atoms with E-state index in [0.29, 0.717) is 31.0 Å². The molecule has 0 atom stereocenters. The van der Waals surface area contributed by atoms with Crippen molar-refractivity contribution in [2.45, 2.75) is 27.0 Å². The molecule has 5 nitrogen and oxygen atoms in total. The van der Waals surface area contributed by atoms with Crippen molar-refractivity contribution in [3.63, 3.8) is 0 Å². The first-order chi connectivity index (χ1) is 13.6. The van der Waals surface area contributed by atoms with Crippen molar-refractivity contribution in [1.29, 1.82) is 0 Å². The van der Waals surface area contributed by atoms with Crippen LogP contribution in [-0.2, 0) is 13.2 Å². The number of ether oxygens (including phenoxy) is 1. The molecule has 0 spiro atoms.